The molecule has 1 atom stereocenters. The van der Waals surface area contributed by atoms with Crippen molar-refractivity contribution in [3.8, 4) is 0 Å². The Morgan fingerprint density at radius 1 is 1.12 bits per heavy atom. The fraction of sp³-hybridized carbons (Fsp3) is 0.294. The number of benzene rings is 1. The fourth-order valence-corrected chi connectivity index (χ4v) is 2.96. The minimum atomic E-state index is -0.973. The molecule has 1 aromatic heterocycles. The number of esters is 1. The van der Waals surface area contributed by atoms with Crippen molar-refractivity contribution >= 4 is 28.1 Å². The van der Waals surface area contributed by atoms with Crippen LogP contribution >= 0.6 is 11.3 Å². The molecule has 0 bridgehead atoms. The van der Waals surface area contributed by atoms with Crippen LogP contribution in [0.5, 0.6) is 0 Å². The molecule has 126 valence electrons. The summed E-state index contributed by atoms with van der Waals surface area (Å²) in [5, 5.41) is 10.5. The van der Waals surface area contributed by atoms with E-state index in [1.165, 1.54) is 19.1 Å². The van der Waals surface area contributed by atoms with Crippen molar-refractivity contribution < 1.29 is 19.2 Å². The summed E-state index contributed by atoms with van der Waals surface area (Å²) in [6, 6.07) is 6.26. The Labute approximate surface area is 143 Å². The number of rotatable bonds is 5. The van der Waals surface area contributed by atoms with Gasteiger partial charge in [-0.05, 0) is 56.5 Å². The number of carbonyl (C=O) groups excluding carboxylic acids is 2. The fourth-order valence-electron chi connectivity index (χ4n) is 2.25. The first-order valence-corrected chi connectivity index (χ1v) is 8.09. The van der Waals surface area contributed by atoms with E-state index >= 15 is 0 Å². The van der Waals surface area contributed by atoms with Gasteiger partial charge in [0.1, 0.15) is 4.88 Å². The van der Waals surface area contributed by atoms with Crippen LogP contribution in [0, 0.1) is 30.9 Å². The Kier molecular flexibility index (Phi) is 5.14. The lowest BCUT2D eigenvalue weighted by Gasteiger charge is -2.14. The normalized spacial score (nSPS) is 11.8. The van der Waals surface area contributed by atoms with E-state index in [4.69, 9.17) is 4.74 Å². The van der Waals surface area contributed by atoms with Gasteiger partial charge in [-0.3, -0.25) is 14.9 Å². The van der Waals surface area contributed by atoms with Crippen LogP contribution in [-0.2, 0) is 4.74 Å². The maximum absolute atomic E-state index is 12.5. The molecule has 0 saturated heterocycles. The number of Topliss-reactive ketones (excluding diaryl/α,β-unsaturated/α-hetero) is 1. The third kappa shape index (κ3) is 3.68. The summed E-state index contributed by atoms with van der Waals surface area (Å²) >= 11 is 0.721. The molecule has 2 rings (SSSR count). The first kappa shape index (κ1) is 17.8. The number of hydrogen-bond donors (Lipinski definition) is 0. The van der Waals surface area contributed by atoms with Crippen LogP contribution in [0.15, 0.2) is 24.3 Å². The topological polar surface area (TPSA) is 86.5 Å². The van der Waals surface area contributed by atoms with Gasteiger partial charge in [0.15, 0.2) is 6.10 Å². The monoisotopic (exact) mass is 347 g/mol. The van der Waals surface area contributed by atoms with E-state index in [-0.39, 0.29) is 15.7 Å². The lowest BCUT2D eigenvalue weighted by atomic mass is 9.96. The maximum Gasteiger partial charge on any atom is 0.349 e. The number of hydrogen-bond acceptors (Lipinski definition) is 6. The third-order valence-electron chi connectivity index (χ3n) is 3.73. The van der Waals surface area contributed by atoms with Crippen molar-refractivity contribution in [1.82, 2.24) is 0 Å². The van der Waals surface area contributed by atoms with E-state index in [2.05, 4.69) is 0 Å². The van der Waals surface area contributed by atoms with Crippen molar-refractivity contribution in [2.45, 2.75) is 33.8 Å². The molecule has 0 aliphatic heterocycles. The molecule has 0 aliphatic carbocycles. The second-order valence-corrected chi connectivity index (χ2v) is 6.62. The van der Waals surface area contributed by atoms with Gasteiger partial charge in [0.25, 0.3) is 0 Å². The number of thiophene rings is 1. The van der Waals surface area contributed by atoms with E-state index in [1.807, 2.05) is 26.8 Å². The average molecular weight is 347 g/mol. The smallest absolute Gasteiger partial charge is 0.349 e. The van der Waals surface area contributed by atoms with E-state index < -0.39 is 17.0 Å². The molecule has 0 radical (unpaired) electrons. The van der Waals surface area contributed by atoms with E-state index in [1.54, 1.807) is 6.07 Å². The highest BCUT2D eigenvalue weighted by molar-refractivity contribution is 7.17. The van der Waals surface area contributed by atoms with Crippen molar-refractivity contribution in [3.05, 3.63) is 61.5 Å². The van der Waals surface area contributed by atoms with Gasteiger partial charge >= 0.3 is 11.0 Å². The van der Waals surface area contributed by atoms with Crippen LogP contribution in [-0.4, -0.2) is 22.8 Å². The highest BCUT2D eigenvalue weighted by atomic mass is 32.1. The number of aryl methyl sites for hydroxylation is 3. The summed E-state index contributed by atoms with van der Waals surface area (Å²) in [6.45, 7) is 7.20. The van der Waals surface area contributed by atoms with E-state index in [9.17, 15) is 19.7 Å². The average Bonchev–Trinajstić information content (AvgIpc) is 3.00. The molecule has 0 N–H and O–H groups in total. The quantitative estimate of drug-likeness (QED) is 0.353. The Bertz CT molecular complexity index is 824. The molecule has 6 nitrogen and oxygen atoms in total. The number of nitrogens with zero attached hydrogens (tertiary/aromatic N) is 1. The zero-order chi connectivity index (χ0) is 18.0. The van der Waals surface area contributed by atoms with Crippen LogP contribution in [0.4, 0.5) is 5.00 Å². The number of nitro groups is 1. The SMILES string of the molecule is Cc1cc(C)c(C(=O)[C@@H](C)OC(=O)c2ccc([N+](=O)[O-])s2)cc1C. The third-order valence-corrected chi connectivity index (χ3v) is 4.75. The summed E-state index contributed by atoms with van der Waals surface area (Å²) in [4.78, 5) is 34.8. The predicted octanol–water partition coefficient (Wildman–Crippen LogP) is 4.01. The van der Waals surface area contributed by atoms with E-state index in [0.29, 0.717) is 5.56 Å². The Balaban J connectivity index is 2.15. The van der Waals surface area contributed by atoms with Crippen molar-refractivity contribution in [1.29, 1.82) is 0 Å². The molecular weight excluding hydrogens is 330 g/mol. The van der Waals surface area contributed by atoms with Crippen LogP contribution < -0.4 is 0 Å². The van der Waals surface area contributed by atoms with Crippen molar-refractivity contribution in [2.24, 2.45) is 0 Å². The zero-order valence-corrected chi connectivity index (χ0v) is 14.6. The van der Waals surface area contributed by atoms with Crippen molar-refractivity contribution in [3.63, 3.8) is 0 Å². The Morgan fingerprint density at radius 3 is 2.33 bits per heavy atom. The van der Waals surface area contributed by atoms with Gasteiger partial charge in [-0.2, -0.15) is 0 Å². The highest BCUT2D eigenvalue weighted by Crippen LogP contribution is 2.25. The molecule has 24 heavy (non-hydrogen) atoms. The summed E-state index contributed by atoms with van der Waals surface area (Å²) < 4.78 is 5.17. The van der Waals surface area contributed by atoms with Crippen LogP contribution in [0.25, 0.3) is 0 Å². The van der Waals surface area contributed by atoms with Gasteiger partial charge in [0.05, 0.1) is 4.92 Å². The predicted molar refractivity (Wildman–Crippen MR) is 90.8 cm³/mol. The lowest BCUT2D eigenvalue weighted by Crippen LogP contribution is -2.25. The van der Waals surface area contributed by atoms with Crippen molar-refractivity contribution in [2.75, 3.05) is 0 Å². The molecule has 7 heteroatoms. The number of ether oxygens (including phenoxy) is 1. The number of ketones is 1. The first-order valence-electron chi connectivity index (χ1n) is 7.28. The van der Waals surface area contributed by atoms with Gasteiger partial charge in [0, 0.05) is 11.6 Å². The van der Waals surface area contributed by atoms with E-state index in [0.717, 1.165) is 28.0 Å². The van der Waals surface area contributed by atoms with Crippen LogP contribution in [0.1, 0.15) is 43.6 Å². The minimum absolute atomic E-state index is 0.0955. The largest absolute Gasteiger partial charge is 0.450 e. The van der Waals surface area contributed by atoms with Gasteiger partial charge in [-0.1, -0.05) is 17.4 Å². The van der Waals surface area contributed by atoms with Gasteiger partial charge < -0.3 is 4.74 Å². The minimum Gasteiger partial charge on any atom is -0.450 e. The molecule has 0 fully saturated rings. The number of carbonyl (C=O) groups is 2. The summed E-state index contributed by atoms with van der Waals surface area (Å²) in [5.41, 5.74) is 3.39. The first-order chi connectivity index (χ1) is 11.2. The van der Waals surface area contributed by atoms with Gasteiger partial charge in [-0.15, -0.1) is 0 Å². The van der Waals surface area contributed by atoms with Gasteiger partial charge in [-0.25, -0.2) is 4.79 Å². The molecule has 0 unspecified atom stereocenters. The molecule has 0 saturated carbocycles. The molecular formula is C17H17NO5S. The highest BCUT2D eigenvalue weighted by Gasteiger charge is 2.24. The molecule has 0 amide bonds. The second kappa shape index (κ2) is 6.92. The Morgan fingerprint density at radius 2 is 1.75 bits per heavy atom. The summed E-state index contributed by atoms with van der Waals surface area (Å²) in [7, 11) is 0. The molecule has 1 aromatic carbocycles. The van der Waals surface area contributed by atoms with Crippen LogP contribution in [0.2, 0.25) is 0 Å². The Hall–Kier alpha value is -2.54. The molecule has 0 spiro atoms. The lowest BCUT2D eigenvalue weighted by molar-refractivity contribution is -0.380. The maximum atomic E-state index is 12.5. The van der Waals surface area contributed by atoms with Gasteiger partial charge in [0.2, 0.25) is 5.78 Å². The second-order valence-electron chi connectivity index (χ2n) is 5.56. The molecule has 1 heterocycles. The molecule has 2 aromatic rings. The summed E-state index contributed by atoms with van der Waals surface area (Å²) in [6.07, 6.45) is -0.973. The summed E-state index contributed by atoms with van der Waals surface area (Å²) in [5.74, 6) is -1.04. The molecule has 0 aliphatic rings. The standard InChI is InChI=1S/C17H17NO5S/c1-9-7-11(3)13(8-10(9)2)16(19)12(4)23-17(20)14-5-6-15(24-14)18(21)22/h5-8,12H,1-4H3/t12-/m1/s1. The van der Waals surface area contributed by atoms with Crippen LogP contribution in [0.3, 0.4) is 0 Å². The zero-order valence-electron chi connectivity index (χ0n) is 13.8.